The Morgan fingerprint density at radius 3 is 2.13 bits per heavy atom. The quantitative estimate of drug-likeness (QED) is 0.326. The molecule has 0 unspecified atom stereocenters. The summed E-state index contributed by atoms with van der Waals surface area (Å²) in [7, 11) is -1.96. The molecule has 23 heavy (non-hydrogen) atoms. The first-order valence-corrected chi connectivity index (χ1v) is 10.7. The van der Waals surface area contributed by atoms with Crippen molar-refractivity contribution in [2.75, 3.05) is 0 Å². The molecule has 1 atom stereocenters. The average Bonchev–Trinajstić information content (AvgIpc) is 2.52. The predicted octanol–water partition coefficient (Wildman–Crippen LogP) is 5.95. The van der Waals surface area contributed by atoms with Crippen molar-refractivity contribution >= 4 is 8.32 Å². The largest absolute Gasteiger partial charge is 0.402 e. The van der Waals surface area contributed by atoms with E-state index in [0.717, 1.165) is 18.0 Å². The zero-order valence-electron chi connectivity index (χ0n) is 15.0. The smallest absolute Gasteiger partial charge is 0.203 e. The van der Waals surface area contributed by atoms with Crippen molar-refractivity contribution < 1.29 is 4.43 Å². The normalized spacial score (nSPS) is 12.6. The van der Waals surface area contributed by atoms with Gasteiger partial charge in [0.2, 0.25) is 8.32 Å². The highest BCUT2D eigenvalue weighted by molar-refractivity contribution is 6.76. The molecule has 0 saturated carbocycles. The van der Waals surface area contributed by atoms with Crippen LogP contribution in [0.3, 0.4) is 0 Å². The third-order valence-electron chi connectivity index (χ3n) is 4.31. The second-order valence-electron chi connectivity index (χ2n) is 6.52. The first kappa shape index (κ1) is 19.5. The fourth-order valence-electron chi connectivity index (χ4n) is 2.92. The van der Waals surface area contributed by atoms with Crippen LogP contribution < -0.4 is 0 Å². The van der Waals surface area contributed by atoms with Gasteiger partial charge in [0.25, 0.3) is 0 Å². The maximum atomic E-state index is 6.69. The summed E-state index contributed by atoms with van der Waals surface area (Å²) in [4.78, 5) is 0. The number of allylic oxidation sites excluding steroid dienone is 1. The van der Waals surface area contributed by atoms with Crippen LogP contribution in [0.15, 0.2) is 55.6 Å². The average molecular weight is 327 g/mol. The third kappa shape index (κ3) is 5.53. The highest BCUT2D eigenvalue weighted by Crippen LogP contribution is 2.38. The van der Waals surface area contributed by atoms with Crippen LogP contribution in [0.5, 0.6) is 0 Å². The van der Waals surface area contributed by atoms with Gasteiger partial charge in [0.1, 0.15) is 6.10 Å². The van der Waals surface area contributed by atoms with Gasteiger partial charge in [0.05, 0.1) is 0 Å². The molecule has 0 saturated heterocycles. The Bertz CT molecular complexity index is 540. The molecule has 1 nitrogen and oxygen atoms in total. The summed E-state index contributed by atoms with van der Waals surface area (Å²) in [5.41, 5.74) is 2.06. The van der Waals surface area contributed by atoms with Gasteiger partial charge < -0.3 is 4.43 Å². The second-order valence-corrected chi connectivity index (χ2v) is 11.4. The molecule has 0 fully saturated rings. The summed E-state index contributed by atoms with van der Waals surface area (Å²) in [6.07, 6.45) is 4.58. The Labute approximate surface area is 143 Å². The lowest BCUT2D eigenvalue weighted by molar-refractivity contribution is 0.235. The van der Waals surface area contributed by atoms with Gasteiger partial charge in [0, 0.05) is 12.0 Å². The molecular formula is C21H30OSi. The van der Waals surface area contributed by atoms with Gasteiger partial charge in [-0.2, -0.15) is 0 Å². The first-order chi connectivity index (χ1) is 11.0. The van der Waals surface area contributed by atoms with Crippen LogP contribution in [0.1, 0.15) is 39.7 Å². The highest BCUT2D eigenvalue weighted by Gasteiger charge is 2.42. The number of rotatable bonds is 8. The molecule has 0 aliphatic carbocycles. The van der Waals surface area contributed by atoms with Crippen molar-refractivity contribution in [2.24, 2.45) is 0 Å². The Hall–Kier alpha value is -1.56. The minimum absolute atomic E-state index is 0.0934. The summed E-state index contributed by atoms with van der Waals surface area (Å²) in [5.74, 6) is 6.56. The van der Waals surface area contributed by atoms with Crippen molar-refractivity contribution in [3.63, 3.8) is 0 Å². The van der Waals surface area contributed by atoms with E-state index in [4.69, 9.17) is 4.43 Å². The minimum atomic E-state index is -1.96. The SMILES string of the molecule is C=CC[C@H](C#Cc1ccccc1)O[Si](CC=C)(C(C)C)C(C)C. The molecule has 0 aliphatic rings. The van der Waals surface area contributed by atoms with E-state index in [0.29, 0.717) is 11.1 Å². The highest BCUT2D eigenvalue weighted by atomic mass is 28.4. The van der Waals surface area contributed by atoms with E-state index in [1.807, 2.05) is 42.5 Å². The van der Waals surface area contributed by atoms with E-state index in [9.17, 15) is 0 Å². The molecule has 0 N–H and O–H groups in total. The Morgan fingerprint density at radius 1 is 1.04 bits per heavy atom. The minimum Gasteiger partial charge on any atom is -0.402 e. The Balaban J connectivity index is 3.06. The van der Waals surface area contributed by atoms with Crippen LogP contribution in [-0.2, 0) is 4.43 Å². The third-order valence-corrected chi connectivity index (χ3v) is 9.87. The Morgan fingerprint density at radius 2 is 1.65 bits per heavy atom. The van der Waals surface area contributed by atoms with E-state index in [1.54, 1.807) is 0 Å². The molecule has 124 valence electrons. The number of hydrogen-bond donors (Lipinski definition) is 0. The van der Waals surface area contributed by atoms with Crippen LogP contribution in [-0.4, -0.2) is 14.4 Å². The lowest BCUT2D eigenvalue weighted by Crippen LogP contribution is -2.46. The molecule has 0 radical (unpaired) electrons. The van der Waals surface area contributed by atoms with Crippen LogP contribution in [0.25, 0.3) is 0 Å². The predicted molar refractivity (Wildman–Crippen MR) is 104 cm³/mol. The van der Waals surface area contributed by atoms with E-state index in [1.165, 1.54) is 0 Å². The molecule has 0 amide bonds. The zero-order chi connectivity index (χ0) is 17.3. The van der Waals surface area contributed by atoms with Crippen LogP contribution >= 0.6 is 0 Å². The summed E-state index contributed by atoms with van der Waals surface area (Å²) in [5, 5.41) is 0. The van der Waals surface area contributed by atoms with Crippen molar-refractivity contribution in [3.8, 4) is 11.8 Å². The summed E-state index contributed by atoms with van der Waals surface area (Å²) >= 11 is 0. The molecule has 0 heterocycles. The van der Waals surface area contributed by atoms with E-state index >= 15 is 0 Å². The summed E-state index contributed by atoms with van der Waals surface area (Å²) < 4.78 is 6.69. The molecule has 1 aromatic rings. The summed E-state index contributed by atoms with van der Waals surface area (Å²) in [6.45, 7) is 16.9. The van der Waals surface area contributed by atoms with Gasteiger partial charge in [-0.3, -0.25) is 0 Å². The molecule has 0 aromatic heterocycles. The monoisotopic (exact) mass is 326 g/mol. The van der Waals surface area contributed by atoms with Gasteiger partial charge >= 0.3 is 0 Å². The van der Waals surface area contributed by atoms with E-state index in [2.05, 4.69) is 52.7 Å². The molecule has 2 heteroatoms. The first-order valence-electron chi connectivity index (χ1n) is 8.42. The second kappa shape index (κ2) is 9.55. The van der Waals surface area contributed by atoms with E-state index in [-0.39, 0.29) is 6.10 Å². The lowest BCUT2D eigenvalue weighted by Gasteiger charge is -2.39. The summed E-state index contributed by atoms with van der Waals surface area (Å²) in [6, 6.07) is 11.0. The van der Waals surface area contributed by atoms with Gasteiger partial charge in [-0.05, 0) is 29.3 Å². The molecule has 1 aromatic carbocycles. The molecule has 0 bridgehead atoms. The standard InChI is InChI=1S/C21H30OSi/c1-7-12-21(16-15-20-13-10-9-11-14-20)22-23(17-8-2,18(3)4)19(5)6/h7-11,13-14,18-19,21H,1-2,12,17H2,3-6H3/t21-/m1/s1. The van der Waals surface area contributed by atoms with Gasteiger partial charge in [-0.1, -0.05) is 69.9 Å². The van der Waals surface area contributed by atoms with Crippen molar-refractivity contribution in [1.82, 2.24) is 0 Å². The fraction of sp³-hybridized carbons (Fsp3) is 0.429. The maximum Gasteiger partial charge on any atom is 0.203 e. The lowest BCUT2D eigenvalue weighted by atomic mass is 10.2. The van der Waals surface area contributed by atoms with E-state index < -0.39 is 8.32 Å². The van der Waals surface area contributed by atoms with Crippen LogP contribution in [0.2, 0.25) is 17.1 Å². The number of hydrogen-bond acceptors (Lipinski definition) is 1. The number of benzene rings is 1. The van der Waals surface area contributed by atoms with Crippen molar-refractivity contribution in [2.45, 2.75) is 57.3 Å². The van der Waals surface area contributed by atoms with Crippen LogP contribution in [0, 0.1) is 11.8 Å². The molecular weight excluding hydrogens is 296 g/mol. The van der Waals surface area contributed by atoms with Gasteiger partial charge in [-0.15, -0.1) is 13.2 Å². The molecule has 0 spiro atoms. The molecule has 1 rings (SSSR count). The fourth-order valence-corrected chi connectivity index (χ4v) is 6.97. The Kier molecular flexibility index (Phi) is 8.09. The van der Waals surface area contributed by atoms with Crippen molar-refractivity contribution in [3.05, 3.63) is 61.2 Å². The maximum absolute atomic E-state index is 6.69. The topological polar surface area (TPSA) is 9.23 Å². The van der Waals surface area contributed by atoms with Crippen molar-refractivity contribution in [1.29, 1.82) is 0 Å². The molecule has 0 aliphatic heterocycles. The van der Waals surface area contributed by atoms with Gasteiger partial charge in [0.15, 0.2) is 0 Å². The van der Waals surface area contributed by atoms with Crippen LogP contribution in [0.4, 0.5) is 0 Å². The van der Waals surface area contributed by atoms with Gasteiger partial charge in [-0.25, -0.2) is 0 Å². The zero-order valence-corrected chi connectivity index (χ0v) is 16.0.